The smallest absolute Gasteiger partial charge is 0.231 e. The highest BCUT2D eigenvalue weighted by Gasteiger charge is 2.13. The number of piperidine rings is 1. The van der Waals surface area contributed by atoms with Gasteiger partial charge in [-0.05, 0) is 55.8 Å². The van der Waals surface area contributed by atoms with E-state index in [1.54, 1.807) is 6.07 Å². The van der Waals surface area contributed by atoms with Crippen molar-refractivity contribution < 1.29 is 9.18 Å². The molecule has 0 bridgehead atoms. The number of nitrogens with zero attached hydrogens (tertiary/aromatic N) is 2. The number of carbonyl (C=O) groups excluding carboxylic acids is 1. The Morgan fingerprint density at radius 2 is 2.00 bits per heavy atom. The quantitative estimate of drug-likeness (QED) is 0.799. The lowest BCUT2D eigenvalue weighted by Gasteiger charge is -2.26. The standard InChI is InChI=1S/C20H25FN4O/c21-18-11-15(12-23-13-20(22)26)7-8-17(18)19-6-4-5-16(24-19)14-25-9-2-1-3-10-25/h4-8,11,23H,1-3,9-10,12-14H2,(H2,22,26). The van der Waals surface area contributed by atoms with E-state index in [1.807, 2.05) is 24.3 Å². The molecule has 0 saturated carbocycles. The predicted molar refractivity (Wildman–Crippen MR) is 99.7 cm³/mol. The second-order valence-electron chi connectivity index (χ2n) is 6.74. The monoisotopic (exact) mass is 356 g/mol. The number of amides is 1. The number of carbonyl (C=O) groups is 1. The van der Waals surface area contributed by atoms with Gasteiger partial charge in [-0.15, -0.1) is 0 Å². The molecule has 138 valence electrons. The summed E-state index contributed by atoms with van der Waals surface area (Å²) in [6.07, 6.45) is 3.77. The Bertz CT molecular complexity index is 759. The molecule has 1 fully saturated rings. The van der Waals surface area contributed by atoms with E-state index >= 15 is 0 Å². The normalized spacial score (nSPS) is 15.1. The molecule has 2 aromatic rings. The summed E-state index contributed by atoms with van der Waals surface area (Å²) in [4.78, 5) is 17.8. The zero-order chi connectivity index (χ0) is 18.4. The molecule has 5 nitrogen and oxygen atoms in total. The lowest BCUT2D eigenvalue weighted by atomic mass is 10.1. The lowest BCUT2D eigenvalue weighted by molar-refractivity contribution is -0.117. The van der Waals surface area contributed by atoms with Crippen molar-refractivity contribution in [3.8, 4) is 11.3 Å². The Hall–Kier alpha value is -2.31. The van der Waals surface area contributed by atoms with Gasteiger partial charge in [-0.25, -0.2) is 4.39 Å². The summed E-state index contributed by atoms with van der Waals surface area (Å²) < 4.78 is 14.5. The van der Waals surface area contributed by atoms with Crippen LogP contribution in [0.15, 0.2) is 36.4 Å². The van der Waals surface area contributed by atoms with Crippen molar-refractivity contribution in [2.75, 3.05) is 19.6 Å². The van der Waals surface area contributed by atoms with Gasteiger partial charge in [0.2, 0.25) is 5.91 Å². The lowest BCUT2D eigenvalue weighted by Crippen LogP contribution is -2.29. The molecule has 3 rings (SSSR count). The van der Waals surface area contributed by atoms with E-state index in [0.717, 1.165) is 30.9 Å². The van der Waals surface area contributed by atoms with E-state index in [1.165, 1.54) is 25.3 Å². The van der Waals surface area contributed by atoms with Crippen LogP contribution in [0.4, 0.5) is 4.39 Å². The van der Waals surface area contributed by atoms with Crippen LogP contribution in [0.1, 0.15) is 30.5 Å². The van der Waals surface area contributed by atoms with Crippen LogP contribution < -0.4 is 11.1 Å². The Morgan fingerprint density at radius 1 is 1.19 bits per heavy atom. The van der Waals surface area contributed by atoms with Crippen LogP contribution in [0, 0.1) is 5.82 Å². The zero-order valence-electron chi connectivity index (χ0n) is 14.9. The van der Waals surface area contributed by atoms with Crippen molar-refractivity contribution in [2.45, 2.75) is 32.4 Å². The van der Waals surface area contributed by atoms with Gasteiger partial charge >= 0.3 is 0 Å². The van der Waals surface area contributed by atoms with Gasteiger partial charge in [-0.3, -0.25) is 14.7 Å². The maximum absolute atomic E-state index is 14.5. The summed E-state index contributed by atoms with van der Waals surface area (Å²) in [5.74, 6) is -0.747. The largest absolute Gasteiger partial charge is 0.369 e. The highest BCUT2D eigenvalue weighted by molar-refractivity contribution is 5.75. The Morgan fingerprint density at radius 3 is 2.73 bits per heavy atom. The average Bonchev–Trinajstić information content (AvgIpc) is 2.63. The molecule has 3 N–H and O–H groups in total. The third-order valence-electron chi connectivity index (χ3n) is 4.58. The summed E-state index contributed by atoms with van der Waals surface area (Å²) in [5, 5.41) is 2.88. The average molecular weight is 356 g/mol. The first-order chi connectivity index (χ1) is 12.6. The van der Waals surface area contributed by atoms with Crippen LogP contribution in [0.3, 0.4) is 0 Å². The Balaban J connectivity index is 1.69. The van der Waals surface area contributed by atoms with Gasteiger partial charge < -0.3 is 11.1 Å². The second kappa shape index (κ2) is 8.87. The van der Waals surface area contributed by atoms with E-state index in [2.05, 4.69) is 15.2 Å². The summed E-state index contributed by atoms with van der Waals surface area (Å²) in [5.41, 5.74) is 7.95. The number of benzene rings is 1. The number of likely N-dealkylation sites (tertiary alicyclic amines) is 1. The van der Waals surface area contributed by atoms with Gasteiger partial charge in [0.15, 0.2) is 0 Å². The van der Waals surface area contributed by atoms with Gasteiger partial charge in [-0.1, -0.05) is 18.6 Å². The van der Waals surface area contributed by atoms with Gasteiger partial charge in [-0.2, -0.15) is 0 Å². The minimum absolute atomic E-state index is 0.0729. The third kappa shape index (κ3) is 5.09. The van der Waals surface area contributed by atoms with Crippen LogP contribution in [0.5, 0.6) is 0 Å². The van der Waals surface area contributed by atoms with E-state index in [0.29, 0.717) is 17.8 Å². The maximum atomic E-state index is 14.5. The fourth-order valence-corrected chi connectivity index (χ4v) is 3.27. The fourth-order valence-electron chi connectivity index (χ4n) is 3.27. The molecule has 0 aliphatic carbocycles. The highest BCUT2D eigenvalue weighted by atomic mass is 19.1. The van der Waals surface area contributed by atoms with Gasteiger partial charge in [0.1, 0.15) is 5.82 Å². The number of aromatic nitrogens is 1. The van der Waals surface area contributed by atoms with E-state index in [4.69, 9.17) is 5.73 Å². The van der Waals surface area contributed by atoms with Crippen molar-refractivity contribution in [2.24, 2.45) is 5.73 Å². The second-order valence-corrected chi connectivity index (χ2v) is 6.74. The summed E-state index contributed by atoms with van der Waals surface area (Å²) in [6.45, 7) is 3.48. The zero-order valence-corrected chi connectivity index (χ0v) is 14.9. The van der Waals surface area contributed by atoms with Crippen molar-refractivity contribution in [3.05, 3.63) is 53.5 Å². The summed E-state index contributed by atoms with van der Waals surface area (Å²) >= 11 is 0. The molecule has 1 aliphatic heterocycles. The maximum Gasteiger partial charge on any atom is 0.231 e. The van der Waals surface area contributed by atoms with Crippen LogP contribution >= 0.6 is 0 Å². The van der Waals surface area contributed by atoms with Crippen molar-refractivity contribution in [1.29, 1.82) is 0 Å². The molecule has 0 spiro atoms. The first kappa shape index (κ1) is 18.5. The molecule has 26 heavy (non-hydrogen) atoms. The molecular formula is C20H25FN4O. The molecule has 0 radical (unpaired) electrons. The number of hydrogen-bond donors (Lipinski definition) is 2. The van der Waals surface area contributed by atoms with Gasteiger partial charge in [0.05, 0.1) is 17.9 Å². The number of pyridine rings is 1. The molecule has 0 atom stereocenters. The molecule has 1 saturated heterocycles. The number of nitrogens with two attached hydrogens (primary N) is 1. The van der Waals surface area contributed by atoms with Crippen LogP contribution in [0.25, 0.3) is 11.3 Å². The number of rotatable bonds is 7. The first-order valence-electron chi connectivity index (χ1n) is 9.08. The number of nitrogens with one attached hydrogen (secondary N) is 1. The first-order valence-corrected chi connectivity index (χ1v) is 9.08. The molecule has 1 aromatic heterocycles. The van der Waals surface area contributed by atoms with Crippen LogP contribution in [0.2, 0.25) is 0 Å². The van der Waals surface area contributed by atoms with E-state index in [-0.39, 0.29) is 12.4 Å². The molecule has 1 amide bonds. The fraction of sp³-hybridized carbons (Fsp3) is 0.400. The number of primary amides is 1. The van der Waals surface area contributed by atoms with E-state index in [9.17, 15) is 9.18 Å². The van der Waals surface area contributed by atoms with Gasteiger partial charge in [0, 0.05) is 18.7 Å². The summed E-state index contributed by atoms with van der Waals surface area (Å²) in [6, 6.07) is 10.8. The molecule has 1 aliphatic rings. The van der Waals surface area contributed by atoms with Crippen molar-refractivity contribution in [3.63, 3.8) is 0 Å². The molecule has 2 heterocycles. The highest BCUT2D eigenvalue weighted by Crippen LogP contribution is 2.23. The minimum Gasteiger partial charge on any atom is -0.369 e. The Kier molecular flexibility index (Phi) is 6.30. The number of hydrogen-bond acceptors (Lipinski definition) is 4. The molecule has 6 heteroatoms. The topological polar surface area (TPSA) is 71.2 Å². The molecule has 0 unspecified atom stereocenters. The molecule has 1 aromatic carbocycles. The Labute approximate surface area is 153 Å². The SMILES string of the molecule is NC(=O)CNCc1ccc(-c2cccc(CN3CCCCC3)n2)c(F)c1. The van der Waals surface area contributed by atoms with Crippen molar-refractivity contribution in [1.82, 2.24) is 15.2 Å². The van der Waals surface area contributed by atoms with E-state index < -0.39 is 5.91 Å². The number of halogens is 1. The predicted octanol–water partition coefficient (Wildman–Crippen LogP) is 2.45. The van der Waals surface area contributed by atoms with Crippen molar-refractivity contribution >= 4 is 5.91 Å². The minimum atomic E-state index is -0.434. The van der Waals surface area contributed by atoms with Crippen LogP contribution in [-0.2, 0) is 17.9 Å². The molecular weight excluding hydrogens is 331 g/mol. The third-order valence-corrected chi connectivity index (χ3v) is 4.58. The van der Waals surface area contributed by atoms with Gasteiger partial charge in [0.25, 0.3) is 0 Å². The van der Waals surface area contributed by atoms with Crippen LogP contribution in [-0.4, -0.2) is 35.4 Å². The summed E-state index contributed by atoms with van der Waals surface area (Å²) in [7, 11) is 0.